The lowest BCUT2D eigenvalue weighted by molar-refractivity contribution is -0.139. The van der Waals surface area contributed by atoms with E-state index in [2.05, 4.69) is 21.2 Å². The Morgan fingerprint density at radius 1 is 0.947 bits per heavy atom. The predicted octanol–water partition coefficient (Wildman–Crippen LogP) is 5.29. The number of sulfonamides is 1. The van der Waals surface area contributed by atoms with Gasteiger partial charge in [-0.3, -0.25) is 13.9 Å². The molecule has 3 rings (SSSR count). The van der Waals surface area contributed by atoms with Gasteiger partial charge in [-0.15, -0.1) is 0 Å². The number of nitrogens with one attached hydrogen (secondary N) is 1. The highest BCUT2D eigenvalue weighted by atomic mass is 79.9. The van der Waals surface area contributed by atoms with Crippen molar-refractivity contribution in [1.82, 2.24) is 10.2 Å². The third-order valence-corrected chi connectivity index (χ3v) is 8.56. The molecule has 38 heavy (non-hydrogen) atoms. The van der Waals surface area contributed by atoms with E-state index in [1.807, 2.05) is 37.3 Å². The Morgan fingerprint density at radius 3 is 2.21 bits per heavy atom. The van der Waals surface area contributed by atoms with E-state index in [1.54, 1.807) is 50.2 Å². The molecule has 0 aliphatic heterocycles. The van der Waals surface area contributed by atoms with Gasteiger partial charge in [0.1, 0.15) is 12.6 Å². The summed E-state index contributed by atoms with van der Waals surface area (Å²) in [4.78, 5) is 28.4. The summed E-state index contributed by atoms with van der Waals surface area (Å²) in [7, 11) is -4.07. The first-order chi connectivity index (χ1) is 18.1. The van der Waals surface area contributed by atoms with Crippen LogP contribution in [-0.4, -0.2) is 44.3 Å². The molecule has 0 aromatic heterocycles. The Kier molecular flexibility index (Phi) is 10.5. The molecule has 1 N–H and O–H groups in total. The van der Waals surface area contributed by atoms with Crippen LogP contribution in [0.15, 0.2) is 88.2 Å². The summed E-state index contributed by atoms with van der Waals surface area (Å²) in [5.41, 5.74) is 1.95. The van der Waals surface area contributed by atoms with Crippen LogP contribution in [-0.2, 0) is 26.2 Å². The summed E-state index contributed by atoms with van der Waals surface area (Å²) >= 11 is 3.42. The second-order valence-electron chi connectivity index (χ2n) is 9.08. The molecule has 0 spiro atoms. The minimum Gasteiger partial charge on any atom is -0.354 e. The number of amides is 2. The summed E-state index contributed by atoms with van der Waals surface area (Å²) in [6.45, 7) is 5.72. The maximum Gasteiger partial charge on any atom is 0.264 e. The Balaban J connectivity index is 1.99. The first-order valence-electron chi connectivity index (χ1n) is 12.6. The van der Waals surface area contributed by atoms with Crippen LogP contribution in [0.1, 0.15) is 37.8 Å². The lowest BCUT2D eigenvalue weighted by atomic mass is 10.1. The monoisotopic (exact) mass is 599 g/mol. The highest BCUT2D eigenvalue weighted by molar-refractivity contribution is 9.10. The number of aryl methyl sites for hydroxylation is 1. The van der Waals surface area contributed by atoms with Crippen LogP contribution in [0.2, 0.25) is 0 Å². The van der Waals surface area contributed by atoms with E-state index in [4.69, 9.17) is 0 Å². The van der Waals surface area contributed by atoms with Crippen LogP contribution in [0.5, 0.6) is 0 Å². The molecular weight excluding hydrogens is 566 g/mol. The Morgan fingerprint density at radius 2 is 1.58 bits per heavy atom. The molecule has 0 heterocycles. The van der Waals surface area contributed by atoms with Crippen molar-refractivity contribution in [3.8, 4) is 0 Å². The third-order valence-electron chi connectivity index (χ3n) is 6.26. The predicted molar refractivity (Wildman–Crippen MR) is 154 cm³/mol. The molecule has 7 nitrogen and oxygen atoms in total. The number of unbranched alkanes of at least 4 members (excludes halogenated alkanes) is 1. The number of halogens is 1. The number of para-hydroxylation sites is 1. The van der Waals surface area contributed by atoms with Crippen LogP contribution in [0.3, 0.4) is 0 Å². The summed E-state index contributed by atoms with van der Waals surface area (Å²) in [6, 6.07) is 21.7. The first-order valence-corrected chi connectivity index (χ1v) is 14.8. The molecule has 0 saturated heterocycles. The number of benzene rings is 3. The number of carbonyl (C=O) groups excluding carboxylic acids is 2. The SMILES string of the molecule is CCCCNC(=O)C(C)N(Cc1ccc(Br)cc1)C(=O)CN(c1ccccc1C)S(=O)(=O)c1ccccc1. The molecular formula is C29H34BrN3O4S. The van der Waals surface area contributed by atoms with E-state index in [0.717, 1.165) is 27.2 Å². The van der Waals surface area contributed by atoms with Crippen molar-refractivity contribution in [2.45, 2.75) is 51.1 Å². The average Bonchev–Trinajstić information content (AvgIpc) is 2.92. The van der Waals surface area contributed by atoms with Gasteiger partial charge in [0.25, 0.3) is 10.0 Å². The standard InChI is InChI=1S/C29H34BrN3O4S/c1-4-5-19-31-29(35)23(3)32(20-24-15-17-25(30)18-16-24)28(34)21-33(27-14-10-9-11-22(27)2)38(36,37)26-12-7-6-8-13-26/h6-18,23H,4-5,19-21H2,1-3H3,(H,31,35). The van der Waals surface area contributed by atoms with E-state index in [1.165, 1.54) is 17.0 Å². The molecule has 9 heteroatoms. The van der Waals surface area contributed by atoms with E-state index < -0.39 is 28.5 Å². The zero-order chi connectivity index (χ0) is 27.7. The second-order valence-corrected chi connectivity index (χ2v) is 11.9. The molecule has 0 saturated carbocycles. The average molecular weight is 601 g/mol. The van der Waals surface area contributed by atoms with E-state index in [-0.39, 0.29) is 17.3 Å². The van der Waals surface area contributed by atoms with Gasteiger partial charge in [0.2, 0.25) is 11.8 Å². The number of carbonyl (C=O) groups is 2. The Labute approximate surface area is 234 Å². The number of rotatable bonds is 12. The second kappa shape index (κ2) is 13.6. The largest absolute Gasteiger partial charge is 0.354 e. The van der Waals surface area contributed by atoms with Gasteiger partial charge in [-0.1, -0.05) is 77.8 Å². The zero-order valence-electron chi connectivity index (χ0n) is 21.9. The lowest BCUT2D eigenvalue weighted by Gasteiger charge is -2.32. The van der Waals surface area contributed by atoms with Crippen LogP contribution >= 0.6 is 15.9 Å². The highest BCUT2D eigenvalue weighted by Crippen LogP contribution is 2.27. The molecule has 3 aromatic carbocycles. The maximum atomic E-state index is 13.9. The zero-order valence-corrected chi connectivity index (χ0v) is 24.3. The molecule has 0 aliphatic rings. The van der Waals surface area contributed by atoms with Crippen molar-refractivity contribution < 1.29 is 18.0 Å². The quantitative estimate of drug-likeness (QED) is 0.287. The van der Waals surface area contributed by atoms with Crippen molar-refractivity contribution in [2.24, 2.45) is 0 Å². The smallest absolute Gasteiger partial charge is 0.264 e. The van der Waals surface area contributed by atoms with E-state index in [9.17, 15) is 18.0 Å². The molecule has 0 bridgehead atoms. The van der Waals surface area contributed by atoms with Gasteiger partial charge in [-0.2, -0.15) is 0 Å². The lowest BCUT2D eigenvalue weighted by Crippen LogP contribution is -2.51. The molecule has 0 aliphatic carbocycles. The fraction of sp³-hybridized carbons (Fsp3) is 0.310. The topological polar surface area (TPSA) is 86.8 Å². The van der Waals surface area contributed by atoms with Gasteiger partial charge in [-0.05, 0) is 61.7 Å². The van der Waals surface area contributed by atoms with Gasteiger partial charge >= 0.3 is 0 Å². The summed E-state index contributed by atoms with van der Waals surface area (Å²) in [5, 5.41) is 2.89. The maximum absolute atomic E-state index is 13.9. The summed E-state index contributed by atoms with van der Waals surface area (Å²) < 4.78 is 29.6. The van der Waals surface area contributed by atoms with E-state index >= 15 is 0 Å². The minimum absolute atomic E-state index is 0.0841. The van der Waals surface area contributed by atoms with Gasteiger partial charge in [0, 0.05) is 17.6 Å². The first kappa shape index (κ1) is 29.4. The number of hydrogen-bond donors (Lipinski definition) is 1. The van der Waals surface area contributed by atoms with Gasteiger partial charge in [0.05, 0.1) is 10.6 Å². The highest BCUT2D eigenvalue weighted by Gasteiger charge is 2.32. The molecule has 202 valence electrons. The van der Waals surface area contributed by atoms with Gasteiger partial charge < -0.3 is 10.2 Å². The minimum atomic E-state index is -4.07. The van der Waals surface area contributed by atoms with Crippen LogP contribution < -0.4 is 9.62 Å². The fourth-order valence-corrected chi connectivity index (χ4v) is 5.75. The van der Waals surface area contributed by atoms with Crippen molar-refractivity contribution in [3.63, 3.8) is 0 Å². The van der Waals surface area contributed by atoms with E-state index in [0.29, 0.717) is 17.8 Å². The van der Waals surface area contributed by atoms with Crippen molar-refractivity contribution >= 4 is 43.5 Å². The summed E-state index contributed by atoms with van der Waals surface area (Å²) in [5.74, 6) is -0.758. The molecule has 0 fully saturated rings. The van der Waals surface area contributed by atoms with Crippen molar-refractivity contribution in [2.75, 3.05) is 17.4 Å². The number of nitrogens with zero attached hydrogens (tertiary/aromatic N) is 2. The molecule has 1 unspecified atom stereocenters. The fourth-order valence-electron chi connectivity index (χ4n) is 3.98. The third kappa shape index (κ3) is 7.45. The van der Waals surface area contributed by atoms with Gasteiger partial charge in [0.15, 0.2) is 0 Å². The molecule has 0 radical (unpaired) electrons. The van der Waals surface area contributed by atoms with Crippen LogP contribution in [0.25, 0.3) is 0 Å². The number of hydrogen-bond acceptors (Lipinski definition) is 4. The summed E-state index contributed by atoms with van der Waals surface area (Å²) in [6.07, 6.45) is 1.76. The van der Waals surface area contributed by atoms with Gasteiger partial charge in [-0.25, -0.2) is 8.42 Å². The molecule has 2 amide bonds. The van der Waals surface area contributed by atoms with Crippen molar-refractivity contribution in [1.29, 1.82) is 0 Å². The molecule has 3 aromatic rings. The van der Waals surface area contributed by atoms with Crippen LogP contribution in [0.4, 0.5) is 5.69 Å². The number of anilines is 1. The Bertz CT molecular complexity index is 1330. The Hall–Kier alpha value is -3.17. The van der Waals surface area contributed by atoms with Crippen LogP contribution in [0, 0.1) is 6.92 Å². The normalized spacial score (nSPS) is 12.0. The van der Waals surface area contributed by atoms with Crippen molar-refractivity contribution in [3.05, 3.63) is 94.5 Å². The molecule has 1 atom stereocenters.